The molecule has 3 rings (SSSR count). The van der Waals surface area contributed by atoms with E-state index in [0.717, 1.165) is 24.0 Å². The Labute approximate surface area is 166 Å². The van der Waals surface area contributed by atoms with Crippen molar-refractivity contribution in [1.82, 2.24) is 0 Å². The summed E-state index contributed by atoms with van der Waals surface area (Å²) in [5, 5.41) is 0. The average molecular weight is 374 g/mol. The fourth-order valence-corrected chi connectivity index (χ4v) is 3.11. The van der Waals surface area contributed by atoms with Crippen LogP contribution in [0.5, 0.6) is 0 Å². The average Bonchev–Trinajstić information content (AvgIpc) is 2.74. The van der Waals surface area contributed by atoms with Gasteiger partial charge in [0.2, 0.25) is 0 Å². The molecule has 0 aromatic heterocycles. The van der Waals surface area contributed by atoms with Crippen molar-refractivity contribution in [3.63, 3.8) is 0 Å². The second-order valence-electron chi connectivity index (χ2n) is 6.70. The van der Waals surface area contributed by atoms with E-state index < -0.39 is 0 Å². The minimum absolute atomic E-state index is 0.111. The van der Waals surface area contributed by atoms with Gasteiger partial charge in [-0.15, -0.1) is 0 Å². The monoisotopic (exact) mass is 374 g/mol. The molecule has 0 spiro atoms. The third kappa shape index (κ3) is 5.80. The van der Waals surface area contributed by atoms with E-state index in [2.05, 4.69) is 60.7 Å². The van der Waals surface area contributed by atoms with Gasteiger partial charge in [-0.25, -0.2) is 0 Å². The Balaban J connectivity index is 1.68. The highest BCUT2D eigenvalue weighted by atomic mass is 16.5. The van der Waals surface area contributed by atoms with Crippen LogP contribution < -0.4 is 0 Å². The standard InChI is InChI=1S/C25H26O3/c1-20(26)27-18-8-9-19-28-25(23-12-6-3-7-13-23)24-16-14-22(15-17-24)21-10-4-2-5-11-21/h2-7,10-17,25H,8-9,18-19H2,1H3. The van der Waals surface area contributed by atoms with Gasteiger partial charge in [0.05, 0.1) is 6.61 Å². The lowest BCUT2D eigenvalue weighted by molar-refractivity contribution is -0.141. The number of benzene rings is 3. The fourth-order valence-electron chi connectivity index (χ4n) is 3.11. The summed E-state index contributed by atoms with van der Waals surface area (Å²) in [6, 6.07) is 29.2. The molecule has 0 aliphatic rings. The Hall–Kier alpha value is -2.91. The van der Waals surface area contributed by atoms with Crippen LogP contribution >= 0.6 is 0 Å². The largest absolute Gasteiger partial charge is 0.466 e. The maximum Gasteiger partial charge on any atom is 0.302 e. The summed E-state index contributed by atoms with van der Waals surface area (Å²) < 4.78 is 11.2. The molecule has 3 nitrogen and oxygen atoms in total. The van der Waals surface area contributed by atoms with Crippen molar-refractivity contribution < 1.29 is 14.3 Å². The van der Waals surface area contributed by atoms with E-state index >= 15 is 0 Å². The fraction of sp³-hybridized carbons (Fsp3) is 0.240. The smallest absolute Gasteiger partial charge is 0.302 e. The van der Waals surface area contributed by atoms with Crippen molar-refractivity contribution in [3.8, 4) is 11.1 Å². The van der Waals surface area contributed by atoms with Crippen molar-refractivity contribution >= 4 is 5.97 Å². The molecule has 144 valence electrons. The van der Waals surface area contributed by atoms with Crippen LogP contribution in [-0.4, -0.2) is 19.2 Å². The number of rotatable bonds is 9. The van der Waals surface area contributed by atoms with Gasteiger partial charge >= 0.3 is 5.97 Å². The van der Waals surface area contributed by atoms with Crippen LogP contribution in [0.1, 0.15) is 37.0 Å². The topological polar surface area (TPSA) is 35.5 Å². The molecular weight excluding hydrogens is 348 g/mol. The maximum absolute atomic E-state index is 10.8. The summed E-state index contributed by atoms with van der Waals surface area (Å²) in [5.41, 5.74) is 4.66. The Kier molecular flexibility index (Phi) is 7.39. The van der Waals surface area contributed by atoms with E-state index in [0.29, 0.717) is 13.2 Å². The third-order valence-corrected chi connectivity index (χ3v) is 4.55. The summed E-state index contributed by atoms with van der Waals surface area (Å²) in [6.45, 7) is 2.49. The lowest BCUT2D eigenvalue weighted by atomic mass is 9.98. The molecule has 3 heteroatoms. The molecule has 28 heavy (non-hydrogen) atoms. The number of hydrogen-bond donors (Lipinski definition) is 0. The van der Waals surface area contributed by atoms with E-state index in [4.69, 9.17) is 9.47 Å². The lowest BCUT2D eigenvalue weighted by Gasteiger charge is -2.19. The first-order valence-electron chi connectivity index (χ1n) is 9.69. The van der Waals surface area contributed by atoms with Crippen LogP contribution in [0.2, 0.25) is 0 Å². The van der Waals surface area contributed by atoms with Crippen LogP contribution in [-0.2, 0) is 14.3 Å². The molecular formula is C25H26O3. The summed E-state index contributed by atoms with van der Waals surface area (Å²) in [6.07, 6.45) is 1.53. The summed E-state index contributed by atoms with van der Waals surface area (Å²) in [5.74, 6) is -0.235. The SMILES string of the molecule is CC(=O)OCCCCOC(c1ccccc1)c1ccc(-c2ccccc2)cc1. The molecule has 0 fully saturated rings. The Morgan fingerprint density at radius 2 is 1.25 bits per heavy atom. The molecule has 0 aliphatic carbocycles. The second kappa shape index (κ2) is 10.4. The van der Waals surface area contributed by atoms with Gasteiger partial charge in [0.15, 0.2) is 0 Å². The minimum atomic E-state index is -0.235. The van der Waals surface area contributed by atoms with Crippen LogP contribution in [0.3, 0.4) is 0 Å². The molecule has 0 N–H and O–H groups in total. The molecule has 0 bridgehead atoms. The first-order valence-corrected chi connectivity index (χ1v) is 9.69. The van der Waals surface area contributed by atoms with Crippen LogP contribution in [0.4, 0.5) is 0 Å². The predicted octanol–water partition coefficient (Wildman–Crippen LogP) is 5.80. The van der Waals surface area contributed by atoms with Gasteiger partial charge in [0.25, 0.3) is 0 Å². The number of hydrogen-bond acceptors (Lipinski definition) is 3. The van der Waals surface area contributed by atoms with Crippen molar-refractivity contribution in [2.75, 3.05) is 13.2 Å². The number of unbranched alkanes of at least 4 members (excludes halogenated alkanes) is 1. The van der Waals surface area contributed by atoms with Gasteiger partial charge in [-0.2, -0.15) is 0 Å². The number of carbonyl (C=O) groups is 1. The van der Waals surface area contributed by atoms with E-state index in [9.17, 15) is 4.79 Å². The number of esters is 1. The number of ether oxygens (including phenoxy) is 2. The zero-order valence-electron chi connectivity index (χ0n) is 16.2. The molecule has 0 saturated carbocycles. The van der Waals surface area contributed by atoms with E-state index in [1.165, 1.54) is 18.1 Å². The van der Waals surface area contributed by atoms with E-state index in [1.807, 2.05) is 24.3 Å². The van der Waals surface area contributed by atoms with Crippen molar-refractivity contribution in [1.29, 1.82) is 0 Å². The molecule has 3 aromatic carbocycles. The summed E-state index contributed by atoms with van der Waals surface area (Å²) in [4.78, 5) is 10.8. The van der Waals surface area contributed by atoms with Crippen LogP contribution in [0, 0.1) is 0 Å². The molecule has 1 unspecified atom stereocenters. The van der Waals surface area contributed by atoms with Gasteiger partial charge in [-0.1, -0.05) is 84.9 Å². The normalized spacial score (nSPS) is 11.8. The molecule has 0 heterocycles. The first kappa shape index (κ1) is 19.8. The van der Waals surface area contributed by atoms with Gasteiger partial charge in [0, 0.05) is 13.5 Å². The maximum atomic E-state index is 10.8. The summed E-state index contributed by atoms with van der Waals surface area (Å²) in [7, 11) is 0. The van der Waals surface area contributed by atoms with Crippen molar-refractivity contribution in [2.24, 2.45) is 0 Å². The third-order valence-electron chi connectivity index (χ3n) is 4.55. The van der Waals surface area contributed by atoms with Gasteiger partial charge in [-0.05, 0) is 35.1 Å². The van der Waals surface area contributed by atoms with E-state index in [-0.39, 0.29) is 12.1 Å². The van der Waals surface area contributed by atoms with Crippen LogP contribution in [0.25, 0.3) is 11.1 Å². The highest BCUT2D eigenvalue weighted by molar-refractivity contribution is 5.65. The Morgan fingerprint density at radius 1 is 0.714 bits per heavy atom. The molecule has 3 aromatic rings. The molecule has 0 amide bonds. The van der Waals surface area contributed by atoms with Crippen LogP contribution in [0.15, 0.2) is 84.9 Å². The zero-order chi connectivity index (χ0) is 19.6. The highest BCUT2D eigenvalue weighted by Crippen LogP contribution is 2.28. The van der Waals surface area contributed by atoms with Gasteiger partial charge in [-0.3, -0.25) is 4.79 Å². The predicted molar refractivity (Wildman–Crippen MR) is 112 cm³/mol. The van der Waals surface area contributed by atoms with Gasteiger partial charge < -0.3 is 9.47 Å². The quantitative estimate of drug-likeness (QED) is 0.351. The highest BCUT2D eigenvalue weighted by Gasteiger charge is 2.14. The van der Waals surface area contributed by atoms with E-state index in [1.54, 1.807) is 0 Å². The zero-order valence-corrected chi connectivity index (χ0v) is 16.2. The van der Waals surface area contributed by atoms with Gasteiger partial charge in [0.1, 0.15) is 6.10 Å². The first-order chi connectivity index (χ1) is 13.7. The Bertz CT molecular complexity index is 842. The summed E-state index contributed by atoms with van der Waals surface area (Å²) >= 11 is 0. The molecule has 0 aliphatic heterocycles. The lowest BCUT2D eigenvalue weighted by Crippen LogP contribution is -2.08. The van der Waals surface area contributed by atoms with Crippen molar-refractivity contribution in [2.45, 2.75) is 25.9 Å². The van der Waals surface area contributed by atoms with Crippen molar-refractivity contribution in [3.05, 3.63) is 96.1 Å². The number of carbonyl (C=O) groups excluding carboxylic acids is 1. The molecule has 1 atom stereocenters. The molecule has 0 saturated heterocycles. The minimum Gasteiger partial charge on any atom is -0.466 e. The molecule has 0 radical (unpaired) electrons. The Morgan fingerprint density at radius 3 is 1.89 bits per heavy atom. The second-order valence-corrected chi connectivity index (χ2v) is 6.70.